The molecule has 1 atom stereocenters. The largest absolute Gasteiger partial charge is 0.444 e. The maximum absolute atomic E-state index is 12.3. The number of H-pyrrole nitrogens is 1. The van der Waals surface area contributed by atoms with Crippen LogP contribution in [-0.2, 0) is 4.74 Å². The van der Waals surface area contributed by atoms with Gasteiger partial charge in [-0.3, -0.25) is 4.98 Å². The van der Waals surface area contributed by atoms with Crippen molar-refractivity contribution in [3.63, 3.8) is 0 Å². The van der Waals surface area contributed by atoms with Gasteiger partial charge in [0.05, 0.1) is 22.7 Å². The first-order chi connectivity index (χ1) is 12.3. The van der Waals surface area contributed by atoms with E-state index in [1.807, 2.05) is 45.2 Å². The van der Waals surface area contributed by atoms with Crippen molar-refractivity contribution in [2.45, 2.75) is 38.7 Å². The maximum Gasteiger partial charge on any atom is 0.410 e. The molecule has 1 amide bonds. The molecule has 4 rings (SSSR count). The van der Waals surface area contributed by atoms with Crippen LogP contribution >= 0.6 is 15.9 Å². The summed E-state index contributed by atoms with van der Waals surface area (Å²) in [6.45, 7) is 6.95. The average Bonchev–Trinajstić information content (AvgIpc) is 3.19. The standard InChI is InChI=1S/C19H21BrN4O2/c1-19(2,3)26-18(25)24-7-6-11(10-24)17-22-15-9-21-14-8-12(20)4-5-13(14)16(15)23-17/h4-5,8-9,11H,6-7,10H2,1-3H3,(H,22,23)/t11-/m1/s1. The number of amides is 1. The van der Waals surface area contributed by atoms with Crippen LogP contribution in [0.25, 0.3) is 21.9 Å². The average molecular weight is 417 g/mol. The minimum Gasteiger partial charge on any atom is -0.444 e. The summed E-state index contributed by atoms with van der Waals surface area (Å²) in [7, 11) is 0. The number of imidazole rings is 1. The Morgan fingerprint density at radius 2 is 2.19 bits per heavy atom. The number of carbonyl (C=O) groups excluding carboxylic acids is 1. The van der Waals surface area contributed by atoms with Gasteiger partial charge in [-0.25, -0.2) is 9.78 Å². The van der Waals surface area contributed by atoms with E-state index in [2.05, 4.69) is 25.9 Å². The van der Waals surface area contributed by atoms with Gasteiger partial charge in [0.25, 0.3) is 0 Å². The summed E-state index contributed by atoms with van der Waals surface area (Å²) in [6.07, 6.45) is 2.44. The van der Waals surface area contributed by atoms with Gasteiger partial charge in [-0.1, -0.05) is 15.9 Å². The number of rotatable bonds is 1. The number of carbonyl (C=O) groups is 1. The quantitative estimate of drug-likeness (QED) is 0.628. The fraction of sp³-hybridized carbons (Fsp3) is 0.421. The first-order valence-corrected chi connectivity index (χ1v) is 9.51. The molecular formula is C19H21BrN4O2. The van der Waals surface area contributed by atoms with Crippen LogP contribution in [0.3, 0.4) is 0 Å². The SMILES string of the molecule is CC(C)(C)OC(=O)N1CC[C@@H](c2nc3c(cnc4cc(Br)ccc43)[nH]2)C1. The first kappa shape index (κ1) is 17.3. The number of hydrogen-bond acceptors (Lipinski definition) is 4. The number of ether oxygens (including phenoxy) is 1. The van der Waals surface area contributed by atoms with Gasteiger partial charge in [-0.2, -0.15) is 0 Å². The lowest BCUT2D eigenvalue weighted by Gasteiger charge is -2.24. The predicted molar refractivity (Wildman–Crippen MR) is 104 cm³/mol. The Bertz CT molecular complexity index is 992. The number of benzene rings is 1. The molecular weight excluding hydrogens is 396 g/mol. The van der Waals surface area contributed by atoms with E-state index in [4.69, 9.17) is 9.72 Å². The number of fused-ring (bicyclic) bond motifs is 3. The van der Waals surface area contributed by atoms with Crippen LogP contribution in [0.2, 0.25) is 0 Å². The van der Waals surface area contributed by atoms with Crippen LogP contribution in [0.4, 0.5) is 4.79 Å². The van der Waals surface area contributed by atoms with Gasteiger partial charge in [-0.15, -0.1) is 0 Å². The van der Waals surface area contributed by atoms with Gasteiger partial charge in [-0.05, 0) is 45.4 Å². The molecule has 1 aromatic carbocycles. The molecule has 0 aliphatic carbocycles. The summed E-state index contributed by atoms with van der Waals surface area (Å²) in [5.74, 6) is 1.09. The fourth-order valence-electron chi connectivity index (χ4n) is 3.32. The molecule has 0 spiro atoms. The number of pyridine rings is 1. The zero-order valence-electron chi connectivity index (χ0n) is 15.0. The summed E-state index contributed by atoms with van der Waals surface area (Å²) in [5.41, 5.74) is 2.28. The normalized spacial score (nSPS) is 18.0. The maximum atomic E-state index is 12.3. The molecule has 3 aromatic rings. The summed E-state index contributed by atoms with van der Waals surface area (Å²) in [6, 6.07) is 6.02. The van der Waals surface area contributed by atoms with E-state index in [0.717, 1.165) is 38.7 Å². The number of hydrogen-bond donors (Lipinski definition) is 1. The van der Waals surface area contributed by atoms with Crippen LogP contribution in [0.5, 0.6) is 0 Å². The van der Waals surface area contributed by atoms with Gasteiger partial charge in [0.1, 0.15) is 11.4 Å². The molecule has 1 aliphatic rings. The van der Waals surface area contributed by atoms with Gasteiger partial charge in [0.15, 0.2) is 0 Å². The second kappa shape index (κ2) is 6.23. The Balaban J connectivity index is 1.60. The fourth-order valence-corrected chi connectivity index (χ4v) is 3.67. The number of likely N-dealkylation sites (tertiary alicyclic amines) is 1. The molecule has 0 radical (unpaired) electrons. The second-order valence-electron chi connectivity index (χ2n) is 7.72. The lowest BCUT2D eigenvalue weighted by molar-refractivity contribution is 0.0292. The van der Waals surface area contributed by atoms with E-state index in [-0.39, 0.29) is 12.0 Å². The van der Waals surface area contributed by atoms with Crippen LogP contribution in [0.15, 0.2) is 28.9 Å². The highest BCUT2D eigenvalue weighted by Gasteiger charge is 2.32. The molecule has 1 fully saturated rings. The molecule has 0 unspecified atom stereocenters. The van der Waals surface area contributed by atoms with Gasteiger partial charge < -0.3 is 14.6 Å². The predicted octanol–water partition coefficient (Wildman–Crippen LogP) is 4.60. The minimum absolute atomic E-state index is 0.181. The van der Waals surface area contributed by atoms with Crippen molar-refractivity contribution >= 4 is 44.0 Å². The summed E-state index contributed by atoms with van der Waals surface area (Å²) in [5, 5.41) is 1.02. The zero-order chi connectivity index (χ0) is 18.5. The van der Waals surface area contributed by atoms with Crippen molar-refractivity contribution in [1.29, 1.82) is 0 Å². The van der Waals surface area contributed by atoms with Crippen LogP contribution in [0, 0.1) is 0 Å². The summed E-state index contributed by atoms with van der Waals surface area (Å²) < 4.78 is 6.47. The van der Waals surface area contributed by atoms with Gasteiger partial charge >= 0.3 is 6.09 Å². The van der Waals surface area contributed by atoms with Gasteiger partial charge in [0, 0.05) is 28.9 Å². The summed E-state index contributed by atoms with van der Waals surface area (Å²) >= 11 is 3.48. The second-order valence-corrected chi connectivity index (χ2v) is 8.63. The highest BCUT2D eigenvalue weighted by atomic mass is 79.9. The van der Waals surface area contributed by atoms with Crippen LogP contribution < -0.4 is 0 Å². The first-order valence-electron chi connectivity index (χ1n) is 8.72. The Morgan fingerprint density at radius 3 is 2.96 bits per heavy atom. The van der Waals surface area contributed by atoms with Crippen molar-refractivity contribution in [1.82, 2.24) is 19.9 Å². The molecule has 26 heavy (non-hydrogen) atoms. The van der Waals surface area contributed by atoms with E-state index in [9.17, 15) is 4.79 Å². The highest BCUT2D eigenvalue weighted by molar-refractivity contribution is 9.10. The number of aromatic nitrogens is 3. The third kappa shape index (κ3) is 3.28. The van der Waals surface area contributed by atoms with Crippen molar-refractivity contribution in [2.24, 2.45) is 0 Å². The number of nitrogens with one attached hydrogen (secondary N) is 1. The molecule has 1 N–H and O–H groups in total. The molecule has 1 aliphatic heterocycles. The Labute approximate surface area is 160 Å². The van der Waals surface area contributed by atoms with Crippen LogP contribution in [0.1, 0.15) is 38.9 Å². The third-order valence-corrected chi connectivity index (χ3v) is 5.02. The summed E-state index contributed by atoms with van der Waals surface area (Å²) in [4.78, 5) is 26.8. The zero-order valence-corrected chi connectivity index (χ0v) is 16.6. The van der Waals surface area contributed by atoms with E-state index in [1.54, 1.807) is 4.90 Å². The van der Waals surface area contributed by atoms with E-state index in [0.29, 0.717) is 13.1 Å². The molecule has 1 saturated heterocycles. The molecule has 0 saturated carbocycles. The molecule has 0 bridgehead atoms. The monoisotopic (exact) mass is 416 g/mol. The van der Waals surface area contributed by atoms with Crippen molar-refractivity contribution < 1.29 is 9.53 Å². The van der Waals surface area contributed by atoms with Crippen molar-refractivity contribution in [3.8, 4) is 0 Å². The van der Waals surface area contributed by atoms with Gasteiger partial charge in [0.2, 0.25) is 0 Å². The Morgan fingerprint density at radius 1 is 1.38 bits per heavy atom. The lowest BCUT2D eigenvalue weighted by Crippen LogP contribution is -2.35. The number of nitrogens with zero attached hydrogens (tertiary/aromatic N) is 3. The third-order valence-electron chi connectivity index (χ3n) is 4.52. The Kier molecular flexibility index (Phi) is 4.14. The Hall–Kier alpha value is -2.15. The molecule has 2 aromatic heterocycles. The van der Waals surface area contributed by atoms with E-state index >= 15 is 0 Å². The number of aromatic amines is 1. The molecule has 6 nitrogen and oxygen atoms in total. The minimum atomic E-state index is -0.479. The molecule has 136 valence electrons. The van der Waals surface area contributed by atoms with Crippen molar-refractivity contribution in [3.05, 3.63) is 34.7 Å². The lowest BCUT2D eigenvalue weighted by atomic mass is 10.1. The topological polar surface area (TPSA) is 71.1 Å². The van der Waals surface area contributed by atoms with E-state index < -0.39 is 5.60 Å². The number of halogens is 1. The molecule has 7 heteroatoms. The van der Waals surface area contributed by atoms with E-state index in [1.165, 1.54) is 0 Å². The highest BCUT2D eigenvalue weighted by Crippen LogP contribution is 2.30. The smallest absolute Gasteiger partial charge is 0.410 e. The van der Waals surface area contributed by atoms with Crippen LogP contribution in [-0.4, -0.2) is 44.6 Å². The van der Waals surface area contributed by atoms with Crippen molar-refractivity contribution in [2.75, 3.05) is 13.1 Å². The molecule has 3 heterocycles.